The van der Waals surface area contributed by atoms with Crippen molar-refractivity contribution in [2.45, 2.75) is 58.5 Å². The lowest BCUT2D eigenvalue weighted by atomic mass is 10.1. The van der Waals surface area contributed by atoms with E-state index >= 15 is 0 Å². The van der Waals surface area contributed by atoms with E-state index in [-0.39, 0.29) is 5.04 Å². The summed E-state index contributed by atoms with van der Waals surface area (Å²) in [5, 5.41) is 10.4. The molecular weight excluding hydrogens is 276 g/mol. The summed E-state index contributed by atoms with van der Waals surface area (Å²) in [6.45, 7) is 13.4. The number of benzene rings is 1. The van der Waals surface area contributed by atoms with Crippen LogP contribution in [-0.4, -0.2) is 13.4 Å². The molecule has 0 heterocycles. The molecule has 4 heteroatoms. The van der Waals surface area contributed by atoms with Gasteiger partial charge in [0, 0.05) is 5.02 Å². The van der Waals surface area contributed by atoms with Crippen LogP contribution in [0.3, 0.4) is 0 Å². The summed E-state index contributed by atoms with van der Waals surface area (Å²) < 4.78 is 6.15. The smallest absolute Gasteiger partial charge is 0.192 e. The van der Waals surface area contributed by atoms with Gasteiger partial charge in [-0.1, -0.05) is 44.5 Å². The van der Waals surface area contributed by atoms with Crippen molar-refractivity contribution in [1.82, 2.24) is 0 Å². The molecule has 0 fully saturated rings. The summed E-state index contributed by atoms with van der Waals surface area (Å²) in [6, 6.07) is 5.73. The minimum atomic E-state index is -1.73. The van der Waals surface area contributed by atoms with Crippen molar-refractivity contribution in [3.05, 3.63) is 34.3 Å². The van der Waals surface area contributed by atoms with Crippen LogP contribution in [0, 0.1) is 0 Å². The van der Waals surface area contributed by atoms with Crippen LogP contribution >= 0.6 is 11.6 Å². The summed E-state index contributed by atoms with van der Waals surface area (Å²) in [7, 11) is -1.73. The van der Waals surface area contributed by atoms with Crippen molar-refractivity contribution in [3.63, 3.8) is 0 Å². The van der Waals surface area contributed by atoms with Crippen LogP contribution < -0.4 is 0 Å². The molecule has 1 unspecified atom stereocenters. The van der Waals surface area contributed by atoms with Gasteiger partial charge in [-0.2, -0.15) is 0 Å². The van der Waals surface area contributed by atoms with Crippen LogP contribution in [0.2, 0.25) is 23.2 Å². The number of hydrogen-bond donors (Lipinski definition) is 1. The van der Waals surface area contributed by atoms with Crippen LogP contribution in [0.25, 0.3) is 0 Å². The van der Waals surface area contributed by atoms with E-state index in [9.17, 15) is 5.11 Å². The van der Waals surface area contributed by atoms with E-state index in [0.717, 1.165) is 11.1 Å². The molecule has 1 N–H and O–H groups in total. The first kappa shape index (κ1) is 16.7. The molecule has 0 aromatic heterocycles. The third kappa shape index (κ3) is 4.31. The first-order valence-electron chi connectivity index (χ1n) is 6.65. The molecule has 0 saturated heterocycles. The largest absolute Gasteiger partial charge is 0.413 e. The predicted molar refractivity (Wildman–Crippen MR) is 84.1 cm³/mol. The van der Waals surface area contributed by atoms with E-state index in [4.69, 9.17) is 16.0 Å². The zero-order chi connectivity index (χ0) is 14.8. The fourth-order valence-electron chi connectivity index (χ4n) is 1.48. The summed E-state index contributed by atoms with van der Waals surface area (Å²) in [4.78, 5) is 0. The number of aliphatic hydroxyl groups excluding tert-OH is 1. The lowest BCUT2D eigenvalue weighted by Gasteiger charge is -2.36. The van der Waals surface area contributed by atoms with Crippen molar-refractivity contribution in [1.29, 1.82) is 0 Å². The molecular formula is C15H25ClO2Si. The Morgan fingerprint density at radius 3 is 2.32 bits per heavy atom. The summed E-state index contributed by atoms with van der Waals surface area (Å²) in [6.07, 6.45) is -0.539. The van der Waals surface area contributed by atoms with Crippen molar-refractivity contribution in [3.8, 4) is 0 Å². The lowest BCUT2D eigenvalue weighted by molar-refractivity contribution is 0.199. The van der Waals surface area contributed by atoms with E-state index < -0.39 is 14.4 Å². The second-order valence-corrected chi connectivity index (χ2v) is 11.8. The fraction of sp³-hybridized carbons (Fsp3) is 0.600. The van der Waals surface area contributed by atoms with E-state index in [1.807, 2.05) is 18.2 Å². The third-order valence-corrected chi connectivity index (χ3v) is 8.73. The minimum Gasteiger partial charge on any atom is -0.413 e. The predicted octanol–water partition coefficient (Wildman–Crippen LogP) is 4.92. The van der Waals surface area contributed by atoms with E-state index in [2.05, 4.69) is 33.9 Å². The standard InChI is InChI=1S/C15H25ClO2Si/c1-11(17)13-8-7-12(9-14(13)16)10-18-19(5,6)15(2,3)4/h7-9,11,17H,10H2,1-6H3. The Morgan fingerprint density at radius 1 is 1.32 bits per heavy atom. The Labute approximate surface area is 122 Å². The van der Waals surface area contributed by atoms with Crippen molar-refractivity contribution >= 4 is 19.9 Å². The lowest BCUT2D eigenvalue weighted by Crippen LogP contribution is -2.40. The van der Waals surface area contributed by atoms with E-state index in [1.54, 1.807) is 6.92 Å². The van der Waals surface area contributed by atoms with Gasteiger partial charge in [-0.05, 0) is 42.2 Å². The SMILES string of the molecule is CC(O)c1ccc(CO[Si](C)(C)C(C)(C)C)cc1Cl. The van der Waals surface area contributed by atoms with Gasteiger partial charge < -0.3 is 9.53 Å². The van der Waals surface area contributed by atoms with Gasteiger partial charge in [0.1, 0.15) is 0 Å². The van der Waals surface area contributed by atoms with Crippen LogP contribution in [0.15, 0.2) is 18.2 Å². The zero-order valence-electron chi connectivity index (χ0n) is 12.7. The molecule has 0 saturated carbocycles. The van der Waals surface area contributed by atoms with Gasteiger partial charge in [0.25, 0.3) is 0 Å². The number of hydrogen-bond acceptors (Lipinski definition) is 2. The topological polar surface area (TPSA) is 29.5 Å². The average molecular weight is 301 g/mol. The third-order valence-electron chi connectivity index (χ3n) is 3.92. The molecule has 0 aliphatic heterocycles. The number of aliphatic hydroxyl groups is 1. The maximum atomic E-state index is 9.55. The molecule has 1 aromatic rings. The Balaban J connectivity index is 2.77. The van der Waals surface area contributed by atoms with Crippen molar-refractivity contribution in [2.24, 2.45) is 0 Å². The normalized spacial score (nSPS) is 14.5. The maximum Gasteiger partial charge on any atom is 0.192 e. The molecule has 1 rings (SSSR count). The highest BCUT2D eigenvalue weighted by molar-refractivity contribution is 6.74. The summed E-state index contributed by atoms with van der Waals surface area (Å²) in [5.41, 5.74) is 1.82. The first-order chi connectivity index (χ1) is 8.54. The van der Waals surface area contributed by atoms with Crippen LogP contribution in [-0.2, 0) is 11.0 Å². The zero-order valence-corrected chi connectivity index (χ0v) is 14.5. The van der Waals surface area contributed by atoms with Crippen LogP contribution in [0.1, 0.15) is 44.9 Å². The Hall–Kier alpha value is -0.353. The van der Waals surface area contributed by atoms with Gasteiger partial charge in [0.2, 0.25) is 0 Å². The second-order valence-electron chi connectivity index (χ2n) is 6.58. The molecule has 2 nitrogen and oxygen atoms in total. The average Bonchev–Trinajstić information content (AvgIpc) is 2.24. The highest BCUT2D eigenvalue weighted by Crippen LogP contribution is 2.37. The quantitative estimate of drug-likeness (QED) is 0.800. The van der Waals surface area contributed by atoms with Crippen molar-refractivity contribution < 1.29 is 9.53 Å². The number of rotatable bonds is 4. The van der Waals surface area contributed by atoms with Crippen LogP contribution in [0.5, 0.6) is 0 Å². The molecule has 108 valence electrons. The van der Waals surface area contributed by atoms with E-state index in [0.29, 0.717) is 11.6 Å². The maximum absolute atomic E-state index is 9.55. The molecule has 0 spiro atoms. The molecule has 0 bridgehead atoms. The highest BCUT2D eigenvalue weighted by Gasteiger charge is 2.37. The van der Waals surface area contributed by atoms with Gasteiger partial charge in [-0.15, -0.1) is 0 Å². The molecule has 1 atom stereocenters. The Kier molecular flexibility index (Phi) is 5.24. The summed E-state index contributed by atoms with van der Waals surface area (Å²) >= 11 is 6.16. The van der Waals surface area contributed by atoms with Gasteiger partial charge in [-0.25, -0.2) is 0 Å². The van der Waals surface area contributed by atoms with Gasteiger partial charge >= 0.3 is 0 Å². The highest BCUT2D eigenvalue weighted by atomic mass is 35.5. The van der Waals surface area contributed by atoms with Gasteiger partial charge in [0.05, 0.1) is 12.7 Å². The first-order valence-corrected chi connectivity index (χ1v) is 9.93. The van der Waals surface area contributed by atoms with Crippen LogP contribution in [0.4, 0.5) is 0 Å². The monoisotopic (exact) mass is 300 g/mol. The second kappa shape index (κ2) is 5.96. The molecule has 0 aliphatic carbocycles. The minimum absolute atomic E-state index is 0.205. The Bertz CT molecular complexity index is 436. The Morgan fingerprint density at radius 2 is 1.89 bits per heavy atom. The van der Waals surface area contributed by atoms with E-state index in [1.165, 1.54) is 0 Å². The van der Waals surface area contributed by atoms with Crippen molar-refractivity contribution in [2.75, 3.05) is 0 Å². The molecule has 0 aliphatic rings. The van der Waals surface area contributed by atoms with Gasteiger partial charge in [-0.3, -0.25) is 0 Å². The fourth-order valence-corrected chi connectivity index (χ4v) is 2.80. The molecule has 0 radical (unpaired) electrons. The molecule has 1 aromatic carbocycles. The molecule has 19 heavy (non-hydrogen) atoms. The molecule has 0 amide bonds. The summed E-state index contributed by atoms with van der Waals surface area (Å²) in [5.74, 6) is 0. The number of halogens is 1. The van der Waals surface area contributed by atoms with Gasteiger partial charge in [0.15, 0.2) is 8.32 Å².